The molecule has 0 unspecified atom stereocenters. The van der Waals surface area contributed by atoms with Crippen molar-refractivity contribution < 1.29 is 0 Å². The van der Waals surface area contributed by atoms with Crippen LogP contribution in [-0.2, 0) is 0 Å². The van der Waals surface area contributed by atoms with E-state index in [0.717, 1.165) is 0 Å². The second kappa shape index (κ2) is 3.25. The predicted octanol–water partition coefficient (Wildman–Crippen LogP) is 0.172. The number of rotatable bonds is 2. The molecule has 0 fully saturated rings. The largest absolute Gasteiger partial charge is 0.393 e. The van der Waals surface area contributed by atoms with Gasteiger partial charge in [-0.05, 0) is 13.8 Å². The van der Waals surface area contributed by atoms with Gasteiger partial charge in [0.1, 0.15) is 5.69 Å². The van der Waals surface area contributed by atoms with Gasteiger partial charge in [0, 0.05) is 6.04 Å². The summed E-state index contributed by atoms with van der Waals surface area (Å²) >= 11 is 0. The molecular formula is C7H12N4O. The van der Waals surface area contributed by atoms with Gasteiger partial charge in [0.25, 0.3) is 5.56 Å². The molecule has 0 aliphatic carbocycles. The van der Waals surface area contributed by atoms with Crippen molar-refractivity contribution in [2.45, 2.75) is 19.9 Å². The van der Waals surface area contributed by atoms with Gasteiger partial charge in [0.15, 0.2) is 0 Å². The molecule has 0 saturated carbocycles. The first-order valence-corrected chi connectivity index (χ1v) is 3.71. The molecule has 1 heterocycles. The fourth-order valence-electron chi connectivity index (χ4n) is 0.751. The van der Waals surface area contributed by atoms with Crippen LogP contribution in [0.4, 0.5) is 11.6 Å². The lowest BCUT2D eigenvalue weighted by Gasteiger charge is -2.07. The summed E-state index contributed by atoms with van der Waals surface area (Å²) in [5.74, 6) is 0.448. The molecule has 0 radical (unpaired) electrons. The van der Waals surface area contributed by atoms with Crippen molar-refractivity contribution in [3.63, 3.8) is 0 Å². The zero-order valence-electron chi connectivity index (χ0n) is 7.09. The molecule has 0 aromatic carbocycles. The molecule has 1 aromatic heterocycles. The number of hydrogen-bond donors (Lipinski definition) is 3. The summed E-state index contributed by atoms with van der Waals surface area (Å²) in [4.78, 5) is 17.4. The Morgan fingerprint density at radius 3 is 2.83 bits per heavy atom. The maximum atomic E-state index is 11.0. The summed E-state index contributed by atoms with van der Waals surface area (Å²) in [5.41, 5.74) is 5.10. The Balaban J connectivity index is 2.90. The van der Waals surface area contributed by atoms with E-state index in [1.165, 1.54) is 6.20 Å². The van der Waals surface area contributed by atoms with Crippen molar-refractivity contribution in [3.8, 4) is 0 Å². The lowest BCUT2D eigenvalue weighted by molar-refractivity contribution is 0.871. The smallest absolute Gasteiger partial charge is 0.275 e. The first kappa shape index (κ1) is 8.58. The predicted molar refractivity (Wildman–Crippen MR) is 48.0 cm³/mol. The molecule has 5 nitrogen and oxygen atoms in total. The van der Waals surface area contributed by atoms with Crippen LogP contribution in [0.1, 0.15) is 13.8 Å². The van der Waals surface area contributed by atoms with Gasteiger partial charge in [-0.15, -0.1) is 0 Å². The molecule has 66 valence electrons. The molecule has 1 rings (SSSR count). The van der Waals surface area contributed by atoms with E-state index >= 15 is 0 Å². The molecular weight excluding hydrogens is 156 g/mol. The van der Waals surface area contributed by atoms with Gasteiger partial charge >= 0.3 is 0 Å². The number of nitrogens with one attached hydrogen (secondary N) is 2. The maximum absolute atomic E-state index is 11.0. The lowest BCUT2D eigenvalue weighted by atomic mass is 10.4. The third-order valence-corrected chi connectivity index (χ3v) is 1.25. The van der Waals surface area contributed by atoms with Crippen LogP contribution < -0.4 is 16.6 Å². The van der Waals surface area contributed by atoms with Crippen LogP contribution in [0.25, 0.3) is 0 Å². The molecule has 4 N–H and O–H groups in total. The fourth-order valence-corrected chi connectivity index (χ4v) is 0.751. The van der Waals surface area contributed by atoms with Gasteiger partial charge in [0.2, 0.25) is 5.95 Å². The van der Waals surface area contributed by atoms with Crippen molar-refractivity contribution in [1.29, 1.82) is 0 Å². The molecule has 0 aliphatic rings. The number of anilines is 2. The standard InChI is InChI=1S/C7H12N4O/c1-4(2)10-7-9-3-5(8)6(12)11-7/h3-4H,8H2,1-2H3,(H2,9,10,11,12). The molecule has 0 spiro atoms. The zero-order valence-corrected chi connectivity index (χ0v) is 7.09. The normalized spacial score (nSPS) is 10.2. The number of H-pyrrole nitrogens is 1. The van der Waals surface area contributed by atoms with Gasteiger partial charge in [-0.1, -0.05) is 0 Å². The Morgan fingerprint density at radius 1 is 1.67 bits per heavy atom. The topological polar surface area (TPSA) is 83.8 Å². The van der Waals surface area contributed by atoms with Gasteiger partial charge < -0.3 is 11.1 Å². The average Bonchev–Trinajstić information content (AvgIpc) is 1.96. The highest BCUT2D eigenvalue weighted by Crippen LogP contribution is 1.97. The molecule has 0 saturated heterocycles. The summed E-state index contributed by atoms with van der Waals surface area (Å²) in [6, 6.07) is 0.233. The highest BCUT2D eigenvalue weighted by molar-refractivity contribution is 5.36. The molecule has 5 heteroatoms. The minimum atomic E-state index is -0.312. The van der Waals surface area contributed by atoms with Crippen LogP contribution in [0.15, 0.2) is 11.0 Å². The van der Waals surface area contributed by atoms with Gasteiger partial charge in [-0.25, -0.2) is 4.98 Å². The average molecular weight is 168 g/mol. The number of nitrogen functional groups attached to an aromatic ring is 1. The summed E-state index contributed by atoms with van der Waals surface area (Å²) in [6.45, 7) is 3.91. The summed E-state index contributed by atoms with van der Waals surface area (Å²) in [6.07, 6.45) is 1.34. The highest BCUT2D eigenvalue weighted by atomic mass is 16.1. The fraction of sp³-hybridized carbons (Fsp3) is 0.429. The van der Waals surface area contributed by atoms with Crippen molar-refractivity contribution in [2.75, 3.05) is 11.1 Å². The van der Waals surface area contributed by atoms with E-state index in [1.54, 1.807) is 0 Å². The summed E-state index contributed by atoms with van der Waals surface area (Å²) < 4.78 is 0. The summed E-state index contributed by atoms with van der Waals surface area (Å²) in [5, 5.41) is 2.95. The Bertz CT molecular complexity index is 317. The first-order chi connectivity index (χ1) is 5.59. The molecule has 1 aromatic rings. The first-order valence-electron chi connectivity index (χ1n) is 3.71. The van der Waals surface area contributed by atoms with E-state index in [0.29, 0.717) is 5.95 Å². The Morgan fingerprint density at radius 2 is 2.33 bits per heavy atom. The van der Waals surface area contributed by atoms with Crippen LogP contribution >= 0.6 is 0 Å². The number of nitrogens with zero attached hydrogens (tertiary/aromatic N) is 1. The second-order valence-electron chi connectivity index (χ2n) is 2.82. The van der Waals surface area contributed by atoms with Gasteiger partial charge in [0.05, 0.1) is 6.20 Å². The highest BCUT2D eigenvalue weighted by Gasteiger charge is 1.98. The molecule has 0 bridgehead atoms. The SMILES string of the molecule is CC(C)Nc1ncc(N)c(=O)[nH]1. The van der Waals surface area contributed by atoms with Crippen molar-refractivity contribution in [1.82, 2.24) is 9.97 Å². The van der Waals surface area contributed by atoms with E-state index in [-0.39, 0.29) is 17.3 Å². The molecule has 0 atom stereocenters. The van der Waals surface area contributed by atoms with Crippen LogP contribution in [0, 0.1) is 0 Å². The molecule has 0 aliphatic heterocycles. The third-order valence-electron chi connectivity index (χ3n) is 1.25. The van der Waals surface area contributed by atoms with Crippen molar-refractivity contribution in [3.05, 3.63) is 16.6 Å². The van der Waals surface area contributed by atoms with E-state index in [9.17, 15) is 4.79 Å². The molecule has 12 heavy (non-hydrogen) atoms. The quantitative estimate of drug-likeness (QED) is 0.587. The summed E-state index contributed by atoms with van der Waals surface area (Å²) in [7, 11) is 0. The van der Waals surface area contributed by atoms with Gasteiger partial charge in [-0.3, -0.25) is 9.78 Å². The van der Waals surface area contributed by atoms with E-state index < -0.39 is 0 Å². The monoisotopic (exact) mass is 168 g/mol. The van der Waals surface area contributed by atoms with Crippen molar-refractivity contribution >= 4 is 11.6 Å². The second-order valence-corrected chi connectivity index (χ2v) is 2.82. The maximum Gasteiger partial charge on any atom is 0.275 e. The van der Waals surface area contributed by atoms with E-state index in [4.69, 9.17) is 5.73 Å². The molecule has 0 amide bonds. The third kappa shape index (κ3) is 1.98. The van der Waals surface area contributed by atoms with Gasteiger partial charge in [-0.2, -0.15) is 0 Å². The van der Waals surface area contributed by atoms with Crippen molar-refractivity contribution in [2.24, 2.45) is 0 Å². The number of nitrogens with two attached hydrogens (primary N) is 1. The minimum absolute atomic E-state index is 0.129. The number of aromatic amines is 1. The van der Waals surface area contributed by atoms with E-state index in [2.05, 4.69) is 15.3 Å². The number of hydrogen-bond acceptors (Lipinski definition) is 4. The minimum Gasteiger partial charge on any atom is -0.393 e. The van der Waals surface area contributed by atoms with Crippen LogP contribution in [0.3, 0.4) is 0 Å². The lowest BCUT2D eigenvalue weighted by Crippen LogP contribution is -2.19. The van der Waals surface area contributed by atoms with Crippen LogP contribution in [0.2, 0.25) is 0 Å². The Labute approximate surface area is 70.0 Å². The van der Waals surface area contributed by atoms with E-state index in [1.807, 2.05) is 13.8 Å². The number of aromatic nitrogens is 2. The van der Waals surface area contributed by atoms with Crippen LogP contribution in [0.5, 0.6) is 0 Å². The zero-order chi connectivity index (χ0) is 9.14. The Hall–Kier alpha value is -1.52. The Kier molecular flexibility index (Phi) is 2.32. The van der Waals surface area contributed by atoms with Crippen LogP contribution in [-0.4, -0.2) is 16.0 Å².